The molecule has 3 aliphatic carbocycles. The molecule has 32 heavy (non-hydrogen) atoms. The summed E-state index contributed by atoms with van der Waals surface area (Å²) in [4.78, 5) is 27.0. The number of benzene rings is 1. The average molecular weight is 460 g/mol. The van der Waals surface area contributed by atoms with Gasteiger partial charge in [-0.3, -0.25) is 4.79 Å². The van der Waals surface area contributed by atoms with E-state index in [9.17, 15) is 18.0 Å². The Labute approximate surface area is 190 Å². The van der Waals surface area contributed by atoms with Gasteiger partial charge in [0.05, 0.1) is 5.25 Å². The summed E-state index contributed by atoms with van der Waals surface area (Å²) < 4.78 is 26.2. The lowest BCUT2D eigenvalue weighted by atomic mass is 9.93. The molecule has 0 bridgehead atoms. The highest BCUT2D eigenvalue weighted by Gasteiger charge is 2.35. The second kappa shape index (κ2) is 8.69. The van der Waals surface area contributed by atoms with E-state index in [1.54, 1.807) is 4.90 Å². The Morgan fingerprint density at radius 2 is 1.62 bits per heavy atom. The lowest BCUT2D eigenvalue weighted by Gasteiger charge is -2.35. The number of sulfone groups is 1. The van der Waals surface area contributed by atoms with Gasteiger partial charge in [-0.05, 0) is 92.9 Å². The number of urea groups is 1. The van der Waals surface area contributed by atoms with Crippen LogP contribution in [0, 0.1) is 0 Å². The molecule has 3 amide bonds. The van der Waals surface area contributed by atoms with Crippen molar-refractivity contribution in [1.29, 1.82) is 0 Å². The molecule has 4 aliphatic rings. The van der Waals surface area contributed by atoms with Crippen LogP contribution < -0.4 is 10.6 Å². The first-order chi connectivity index (χ1) is 15.4. The zero-order valence-electron chi connectivity index (χ0n) is 18.6. The van der Waals surface area contributed by atoms with Gasteiger partial charge in [-0.1, -0.05) is 6.07 Å². The minimum Gasteiger partial charge on any atom is -0.335 e. The van der Waals surface area contributed by atoms with Crippen LogP contribution >= 0.6 is 0 Å². The van der Waals surface area contributed by atoms with E-state index >= 15 is 0 Å². The second-order valence-electron chi connectivity index (χ2n) is 9.88. The van der Waals surface area contributed by atoms with Crippen molar-refractivity contribution in [3.05, 3.63) is 28.3 Å². The number of anilines is 1. The van der Waals surface area contributed by atoms with Gasteiger partial charge in [0, 0.05) is 24.8 Å². The van der Waals surface area contributed by atoms with Gasteiger partial charge in [-0.15, -0.1) is 0 Å². The minimum absolute atomic E-state index is 0.171. The number of carbonyl (C=O) groups is 2. The highest BCUT2D eigenvalue weighted by molar-refractivity contribution is 7.92. The standard InChI is InChI=1S/C24H33N3O4S/c28-22(26-23-20-10-1-5-16(20)13-17-6-2-11-21(17)23)15-32(30,31)19-9-4-12-27(14-19)24(29)25-18-7-3-8-18/h13,18-19H,1-12,14-15H2,(H,25,29)(H,26,28). The summed E-state index contributed by atoms with van der Waals surface area (Å²) in [6, 6.07) is 2.34. The molecule has 7 nitrogen and oxygen atoms in total. The number of aryl methyl sites for hydroxylation is 2. The molecule has 1 saturated carbocycles. The fourth-order valence-electron chi connectivity index (χ4n) is 5.68. The molecule has 5 rings (SSSR count). The third-order valence-electron chi connectivity index (χ3n) is 7.68. The van der Waals surface area contributed by atoms with Crippen LogP contribution in [0.25, 0.3) is 0 Å². The van der Waals surface area contributed by atoms with E-state index in [4.69, 9.17) is 0 Å². The number of rotatable bonds is 5. The number of amides is 3. The van der Waals surface area contributed by atoms with Crippen molar-refractivity contribution in [2.45, 2.75) is 81.9 Å². The van der Waals surface area contributed by atoms with Gasteiger partial charge in [0.2, 0.25) is 5.91 Å². The molecule has 174 valence electrons. The summed E-state index contributed by atoms with van der Waals surface area (Å²) in [6.45, 7) is 0.739. The monoisotopic (exact) mass is 459 g/mol. The molecule has 1 unspecified atom stereocenters. The van der Waals surface area contributed by atoms with E-state index < -0.39 is 26.7 Å². The summed E-state index contributed by atoms with van der Waals surface area (Å²) in [7, 11) is -3.65. The predicted molar refractivity (Wildman–Crippen MR) is 124 cm³/mol. The van der Waals surface area contributed by atoms with Gasteiger partial charge in [0.15, 0.2) is 9.84 Å². The van der Waals surface area contributed by atoms with Crippen molar-refractivity contribution < 1.29 is 18.0 Å². The lowest BCUT2D eigenvalue weighted by Crippen LogP contribution is -2.53. The Morgan fingerprint density at radius 3 is 2.25 bits per heavy atom. The van der Waals surface area contributed by atoms with Crippen molar-refractivity contribution in [2.75, 3.05) is 24.2 Å². The van der Waals surface area contributed by atoms with Gasteiger partial charge in [-0.25, -0.2) is 13.2 Å². The number of nitrogens with one attached hydrogen (secondary N) is 2. The van der Waals surface area contributed by atoms with Gasteiger partial charge in [-0.2, -0.15) is 0 Å². The first-order valence-corrected chi connectivity index (χ1v) is 13.9. The van der Waals surface area contributed by atoms with E-state index in [2.05, 4.69) is 16.7 Å². The molecule has 0 aromatic heterocycles. The molecule has 2 fully saturated rings. The Kier molecular flexibility index (Phi) is 5.90. The molecule has 1 atom stereocenters. The van der Waals surface area contributed by atoms with Crippen molar-refractivity contribution in [3.63, 3.8) is 0 Å². The third kappa shape index (κ3) is 4.26. The molecule has 1 aromatic rings. The first kappa shape index (κ1) is 21.7. The summed E-state index contributed by atoms with van der Waals surface area (Å²) >= 11 is 0. The molecule has 1 saturated heterocycles. The van der Waals surface area contributed by atoms with Crippen molar-refractivity contribution >= 4 is 27.5 Å². The van der Waals surface area contributed by atoms with Crippen LogP contribution in [-0.2, 0) is 40.3 Å². The number of piperidine rings is 1. The average Bonchev–Trinajstić information content (AvgIpc) is 3.39. The maximum absolute atomic E-state index is 13.1. The summed E-state index contributed by atoms with van der Waals surface area (Å²) in [5, 5.41) is 5.31. The second-order valence-corrected chi connectivity index (χ2v) is 12.2. The molecule has 1 aliphatic heterocycles. The van der Waals surface area contributed by atoms with Gasteiger partial charge >= 0.3 is 6.03 Å². The number of likely N-dealkylation sites (tertiary alicyclic amines) is 1. The molecule has 0 spiro atoms. The summed E-state index contributed by atoms with van der Waals surface area (Å²) in [5.74, 6) is -0.968. The fraction of sp³-hybridized carbons (Fsp3) is 0.667. The smallest absolute Gasteiger partial charge is 0.317 e. The molecule has 1 aromatic carbocycles. The van der Waals surface area contributed by atoms with Gasteiger partial charge in [0.25, 0.3) is 0 Å². The third-order valence-corrected chi connectivity index (χ3v) is 9.74. The maximum Gasteiger partial charge on any atom is 0.317 e. The predicted octanol–water partition coefficient (Wildman–Crippen LogP) is 2.74. The largest absolute Gasteiger partial charge is 0.335 e. The Balaban J connectivity index is 1.25. The molecule has 8 heteroatoms. The topological polar surface area (TPSA) is 95.6 Å². The van der Waals surface area contributed by atoms with Crippen LogP contribution in [0.5, 0.6) is 0 Å². The summed E-state index contributed by atoms with van der Waals surface area (Å²) in [5.41, 5.74) is 5.91. The quantitative estimate of drug-likeness (QED) is 0.708. The lowest BCUT2D eigenvalue weighted by molar-refractivity contribution is -0.113. The SMILES string of the molecule is O=C(CS(=O)(=O)C1CCCN(C(=O)NC2CCC2)C1)Nc1c2c(cc3c1CCC3)CCC2. The van der Waals surface area contributed by atoms with Crippen molar-refractivity contribution in [3.8, 4) is 0 Å². The molecule has 1 heterocycles. The molecular formula is C24H33N3O4S. The van der Waals surface area contributed by atoms with Crippen molar-refractivity contribution in [2.24, 2.45) is 0 Å². The Morgan fingerprint density at radius 1 is 0.938 bits per heavy atom. The Bertz CT molecular complexity index is 1000. The van der Waals surface area contributed by atoms with Crippen LogP contribution in [0.15, 0.2) is 6.07 Å². The van der Waals surface area contributed by atoms with Crippen LogP contribution in [-0.4, -0.2) is 55.4 Å². The van der Waals surface area contributed by atoms with E-state index in [1.165, 1.54) is 22.3 Å². The van der Waals surface area contributed by atoms with Crippen LogP contribution in [0.1, 0.15) is 67.2 Å². The van der Waals surface area contributed by atoms with E-state index in [0.717, 1.165) is 63.5 Å². The summed E-state index contributed by atoms with van der Waals surface area (Å²) in [6.07, 6.45) is 10.4. The van der Waals surface area contributed by atoms with Crippen LogP contribution in [0.3, 0.4) is 0 Å². The van der Waals surface area contributed by atoms with Gasteiger partial charge in [0.1, 0.15) is 5.75 Å². The van der Waals surface area contributed by atoms with Crippen LogP contribution in [0.2, 0.25) is 0 Å². The van der Waals surface area contributed by atoms with E-state index in [-0.39, 0.29) is 18.6 Å². The number of carbonyl (C=O) groups excluding carboxylic acids is 2. The van der Waals surface area contributed by atoms with Gasteiger partial charge < -0.3 is 15.5 Å². The highest BCUT2D eigenvalue weighted by atomic mass is 32.2. The zero-order chi connectivity index (χ0) is 22.3. The Hall–Kier alpha value is -2.09. The highest BCUT2D eigenvalue weighted by Crippen LogP contribution is 2.38. The normalized spacial score (nSPS) is 22.8. The number of nitrogens with zero attached hydrogens (tertiary/aromatic N) is 1. The number of hydrogen-bond donors (Lipinski definition) is 2. The molecular weight excluding hydrogens is 426 g/mol. The van der Waals surface area contributed by atoms with Crippen LogP contribution in [0.4, 0.5) is 10.5 Å². The zero-order valence-corrected chi connectivity index (χ0v) is 19.4. The minimum atomic E-state index is -3.65. The van der Waals surface area contributed by atoms with Crippen molar-refractivity contribution in [1.82, 2.24) is 10.2 Å². The molecule has 0 radical (unpaired) electrons. The van der Waals surface area contributed by atoms with E-state index in [1.807, 2.05) is 0 Å². The maximum atomic E-state index is 13.1. The fourth-order valence-corrected chi connectivity index (χ4v) is 7.28. The first-order valence-electron chi connectivity index (χ1n) is 12.1. The number of hydrogen-bond acceptors (Lipinski definition) is 4. The molecule has 2 N–H and O–H groups in total. The number of fused-ring (bicyclic) bond motifs is 2. The van der Waals surface area contributed by atoms with E-state index in [0.29, 0.717) is 19.4 Å².